The molecule has 2 fully saturated rings. The fourth-order valence-electron chi connectivity index (χ4n) is 9.27. The van der Waals surface area contributed by atoms with Crippen LogP contribution in [0.1, 0.15) is 55.4 Å². The highest BCUT2D eigenvalue weighted by molar-refractivity contribution is 5.93. The first kappa shape index (κ1) is 43.6. The summed E-state index contributed by atoms with van der Waals surface area (Å²) in [5.41, 5.74) is 5.80. The number of carbonyl (C=O) groups is 2. The predicted octanol–water partition coefficient (Wildman–Crippen LogP) is 6.85. The number of carbonyl (C=O) groups excluding carboxylic acids is 1. The van der Waals surface area contributed by atoms with Crippen molar-refractivity contribution in [2.75, 3.05) is 63.9 Å². The van der Waals surface area contributed by atoms with Gasteiger partial charge in [-0.05, 0) is 84.4 Å². The average Bonchev–Trinajstić information content (AvgIpc) is 3.84. The highest BCUT2D eigenvalue weighted by Crippen LogP contribution is 2.43. The zero-order valence-electron chi connectivity index (χ0n) is 35.0. The lowest BCUT2D eigenvalue weighted by Crippen LogP contribution is -2.39. The number of pyridine rings is 1. The quantitative estimate of drug-likeness (QED) is 0.0530. The Balaban J connectivity index is 0.783. The molecule has 5 N–H and O–H groups in total. The molecular weight excluding hydrogens is 771 g/mol. The highest BCUT2D eigenvalue weighted by Gasteiger charge is 2.44. The maximum Gasteiger partial charge on any atom is 0.412 e. The van der Waals surface area contributed by atoms with Gasteiger partial charge in [-0.2, -0.15) is 0 Å². The Labute approximate surface area is 357 Å². The van der Waals surface area contributed by atoms with Gasteiger partial charge >= 0.3 is 6.09 Å². The summed E-state index contributed by atoms with van der Waals surface area (Å²) >= 11 is 0. The van der Waals surface area contributed by atoms with E-state index in [1.165, 1.54) is 23.3 Å². The van der Waals surface area contributed by atoms with Gasteiger partial charge in [0, 0.05) is 68.9 Å². The molecule has 4 aromatic carbocycles. The lowest BCUT2D eigenvalue weighted by atomic mass is 10.0. The van der Waals surface area contributed by atoms with Gasteiger partial charge in [0.25, 0.3) is 0 Å². The first-order valence-electron chi connectivity index (χ1n) is 21.7. The normalized spacial score (nSPS) is 18.0. The lowest BCUT2D eigenvalue weighted by molar-refractivity contribution is -0.132. The summed E-state index contributed by atoms with van der Waals surface area (Å²) in [6.07, 6.45) is 2.90. The topological polar surface area (TPSA) is 159 Å². The summed E-state index contributed by atoms with van der Waals surface area (Å²) in [6.45, 7) is 7.84. The molecular formula is C49H59N5O7. The van der Waals surface area contributed by atoms with Crippen molar-refractivity contribution in [2.45, 2.75) is 57.6 Å². The van der Waals surface area contributed by atoms with E-state index in [-0.39, 0.29) is 29.8 Å². The molecule has 7 rings (SSSR count). The summed E-state index contributed by atoms with van der Waals surface area (Å²) < 4.78 is 5.88. The Morgan fingerprint density at radius 2 is 1.57 bits per heavy atom. The summed E-state index contributed by atoms with van der Waals surface area (Å²) in [6, 6.07) is 32.7. The number of hydrogen-bond donors (Lipinski definition) is 5. The SMILES string of the molecule is CCCN(CCNC[C@H](O)c1ccc(O)c2[nH]c(=O)ccc12)C(=O)CCOCCc1ccc(CCN2C[C@H]3CC(N(C(=O)O)c4ccccc4-c4ccccc4)C[C@H]3C2)cc1. The van der Waals surface area contributed by atoms with Gasteiger partial charge in [-0.15, -0.1) is 0 Å². The van der Waals surface area contributed by atoms with Crippen LogP contribution >= 0.6 is 0 Å². The van der Waals surface area contributed by atoms with Crippen LogP contribution in [0.25, 0.3) is 22.0 Å². The molecule has 322 valence electrons. The number of carboxylic acid groups (broad SMARTS) is 1. The van der Waals surface area contributed by atoms with E-state index in [0.29, 0.717) is 67.6 Å². The molecule has 2 heterocycles. The molecule has 5 aromatic rings. The number of aromatic nitrogens is 1. The first-order valence-corrected chi connectivity index (χ1v) is 21.7. The molecule has 1 unspecified atom stereocenters. The van der Waals surface area contributed by atoms with Crippen LogP contribution in [-0.4, -0.2) is 107 Å². The van der Waals surface area contributed by atoms with Crippen LogP contribution < -0.4 is 15.8 Å². The molecule has 12 nitrogen and oxygen atoms in total. The van der Waals surface area contributed by atoms with Crippen molar-refractivity contribution in [2.24, 2.45) is 11.8 Å². The van der Waals surface area contributed by atoms with Crippen molar-refractivity contribution in [3.8, 4) is 16.9 Å². The van der Waals surface area contributed by atoms with Crippen LogP contribution in [0.2, 0.25) is 0 Å². The number of rotatable bonds is 20. The number of H-pyrrole nitrogens is 1. The second kappa shape index (κ2) is 20.8. The van der Waals surface area contributed by atoms with E-state index in [1.54, 1.807) is 17.0 Å². The Morgan fingerprint density at radius 3 is 2.30 bits per heavy atom. The number of phenols is 1. The third-order valence-electron chi connectivity index (χ3n) is 12.4. The van der Waals surface area contributed by atoms with Crippen LogP contribution in [0.15, 0.2) is 108 Å². The van der Waals surface area contributed by atoms with Gasteiger partial charge in [0.2, 0.25) is 11.5 Å². The molecule has 1 saturated heterocycles. The Morgan fingerprint density at radius 1 is 0.869 bits per heavy atom. The third kappa shape index (κ3) is 11.1. The summed E-state index contributed by atoms with van der Waals surface area (Å²) in [4.78, 5) is 46.1. The predicted molar refractivity (Wildman–Crippen MR) is 239 cm³/mol. The maximum absolute atomic E-state index is 13.0. The number of fused-ring (bicyclic) bond motifs is 2. The second-order valence-corrected chi connectivity index (χ2v) is 16.5. The van der Waals surface area contributed by atoms with Gasteiger partial charge in [-0.1, -0.05) is 85.8 Å². The number of hydrogen-bond acceptors (Lipinski definition) is 8. The number of nitrogens with one attached hydrogen (secondary N) is 2. The average molecular weight is 830 g/mol. The number of ether oxygens (including phenoxy) is 1. The standard InChI is InChI=1S/C49H59N5O7/c1-2-24-53(26-23-50-31-45(56)41-16-18-44(55)48-42(41)17-19-46(57)51-48)47(58)22-28-61-27-21-35-14-12-34(13-15-35)20-25-52-32-37-29-39(30-38(37)33-52)54(49(59)60)43-11-7-6-10-40(43)36-8-4-3-5-9-36/h3-19,37-39,45,50,55-56H,2,20-33H2,1H3,(H,51,57)(H,59,60)/t37-,38+,39?,45-/m0/s1. The summed E-state index contributed by atoms with van der Waals surface area (Å²) in [5, 5.41) is 35.2. The fraction of sp³-hybridized carbons (Fsp3) is 0.408. The van der Waals surface area contributed by atoms with E-state index < -0.39 is 12.2 Å². The highest BCUT2D eigenvalue weighted by atomic mass is 16.5. The number of aliphatic hydroxyl groups excluding tert-OH is 1. The number of likely N-dealkylation sites (tertiary alicyclic amines) is 1. The summed E-state index contributed by atoms with van der Waals surface area (Å²) in [7, 11) is 0. The van der Waals surface area contributed by atoms with Crippen molar-refractivity contribution >= 4 is 28.6 Å². The van der Waals surface area contributed by atoms with E-state index >= 15 is 0 Å². The van der Waals surface area contributed by atoms with Gasteiger partial charge in [-0.3, -0.25) is 14.5 Å². The Bertz CT molecular complexity index is 2270. The van der Waals surface area contributed by atoms with E-state index in [0.717, 1.165) is 68.6 Å². The minimum atomic E-state index is -0.884. The molecule has 0 radical (unpaired) electrons. The summed E-state index contributed by atoms with van der Waals surface area (Å²) in [5.74, 6) is 0.987. The van der Waals surface area contributed by atoms with E-state index in [1.807, 2.05) is 66.4 Å². The Kier molecular flexibility index (Phi) is 14.9. The van der Waals surface area contributed by atoms with Crippen molar-refractivity contribution in [3.05, 3.63) is 130 Å². The molecule has 1 saturated carbocycles. The monoisotopic (exact) mass is 829 g/mol. The molecule has 1 aliphatic heterocycles. The molecule has 2 aliphatic rings. The maximum atomic E-state index is 13.0. The number of aromatic amines is 1. The number of anilines is 1. The minimum Gasteiger partial charge on any atom is -0.506 e. The van der Waals surface area contributed by atoms with Gasteiger partial charge < -0.3 is 40.2 Å². The second-order valence-electron chi connectivity index (χ2n) is 16.5. The molecule has 0 spiro atoms. The van der Waals surface area contributed by atoms with Gasteiger partial charge in [0.1, 0.15) is 5.75 Å². The molecule has 0 bridgehead atoms. The number of amides is 2. The lowest BCUT2D eigenvalue weighted by Gasteiger charge is -2.29. The van der Waals surface area contributed by atoms with Gasteiger partial charge in [0.05, 0.1) is 36.9 Å². The zero-order valence-corrected chi connectivity index (χ0v) is 35.0. The minimum absolute atomic E-state index is 0.0226. The molecule has 12 heteroatoms. The molecule has 4 atom stereocenters. The van der Waals surface area contributed by atoms with Gasteiger partial charge in [-0.25, -0.2) is 4.79 Å². The number of benzene rings is 4. The van der Waals surface area contributed by atoms with Crippen molar-refractivity contribution in [1.29, 1.82) is 0 Å². The van der Waals surface area contributed by atoms with Crippen LogP contribution in [0.5, 0.6) is 5.75 Å². The van der Waals surface area contributed by atoms with Crippen LogP contribution in [0, 0.1) is 11.8 Å². The smallest absolute Gasteiger partial charge is 0.412 e. The third-order valence-corrected chi connectivity index (χ3v) is 12.4. The zero-order chi connectivity index (χ0) is 42.7. The number of para-hydroxylation sites is 1. The van der Waals surface area contributed by atoms with Crippen molar-refractivity contribution < 1.29 is 29.6 Å². The van der Waals surface area contributed by atoms with E-state index in [4.69, 9.17) is 4.74 Å². The molecule has 1 aromatic heterocycles. The molecule has 1 aliphatic carbocycles. The first-order chi connectivity index (χ1) is 29.7. The molecule has 2 amide bonds. The molecule has 61 heavy (non-hydrogen) atoms. The van der Waals surface area contributed by atoms with Crippen LogP contribution in [-0.2, 0) is 22.4 Å². The van der Waals surface area contributed by atoms with Crippen LogP contribution in [0.3, 0.4) is 0 Å². The van der Waals surface area contributed by atoms with Crippen molar-refractivity contribution in [1.82, 2.24) is 20.1 Å². The van der Waals surface area contributed by atoms with E-state index in [9.17, 15) is 29.7 Å². The van der Waals surface area contributed by atoms with Crippen molar-refractivity contribution in [3.63, 3.8) is 0 Å². The Hall–Kier alpha value is -5.53. The van der Waals surface area contributed by atoms with E-state index in [2.05, 4.69) is 39.5 Å². The fourth-order valence-corrected chi connectivity index (χ4v) is 9.27. The number of aromatic hydroxyl groups is 1. The van der Waals surface area contributed by atoms with Gasteiger partial charge in [0.15, 0.2) is 0 Å². The number of nitrogens with zero attached hydrogens (tertiary/aromatic N) is 3. The largest absolute Gasteiger partial charge is 0.506 e. The van der Waals surface area contributed by atoms with Crippen LogP contribution in [0.4, 0.5) is 10.5 Å². The number of aliphatic hydroxyl groups is 1. The number of phenolic OH excluding ortho intramolecular Hbond substituents is 1.